The lowest BCUT2D eigenvalue weighted by Gasteiger charge is -2.36. The van der Waals surface area contributed by atoms with Gasteiger partial charge in [-0.05, 0) is 37.0 Å². The van der Waals surface area contributed by atoms with Crippen molar-refractivity contribution in [1.29, 1.82) is 0 Å². The maximum Gasteiger partial charge on any atom is 0.242 e. The van der Waals surface area contributed by atoms with Crippen molar-refractivity contribution in [3.63, 3.8) is 0 Å². The van der Waals surface area contributed by atoms with Crippen molar-refractivity contribution in [3.05, 3.63) is 41.4 Å². The number of carbonyl (C=O) groups is 2. The smallest absolute Gasteiger partial charge is 0.242 e. The molecule has 0 radical (unpaired) electrons. The molecule has 0 spiro atoms. The van der Waals surface area contributed by atoms with Crippen molar-refractivity contribution < 1.29 is 9.59 Å². The monoisotopic (exact) mass is 441 g/mol. The van der Waals surface area contributed by atoms with Crippen LogP contribution in [0.25, 0.3) is 11.3 Å². The van der Waals surface area contributed by atoms with E-state index < -0.39 is 0 Å². The van der Waals surface area contributed by atoms with Gasteiger partial charge in [0.2, 0.25) is 11.8 Å². The molecule has 2 aromatic rings. The van der Waals surface area contributed by atoms with E-state index in [2.05, 4.69) is 15.1 Å². The molecule has 0 N–H and O–H groups in total. The first-order valence-corrected chi connectivity index (χ1v) is 11.3. The van der Waals surface area contributed by atoms with E-state index in [1.54, 1.807) is 4.90 Å². The van der Waals surface area contributed by atoms with Gasteiger partial charge in [0.05, 0.1) is 17.3 Å². The first-order chi connectivity index (χ1) is 15.0. The van der Waals surface area contributed by atoms with Gasteiger partial charge in [-0.15, -0.1) is 10.2 Å². The van der Waals surface area contributed by atoms with E-state index in [0.717, 1.165) is 29.9 Å². The number of anilines is 1. The summed E-state index contributed by atoms with van der Waals surface area (Å²) in [7, 11) is 0. The lowest BCUT2D eigenvalue weighted by Crippen LogP contribution is -2.52. The summed E-state index contributed by atoms with van der Waals surface area (Å²) in [6.07, 6.45) is 2.77. The van der Waals surface area contributed by atoms with E-state index in [-0.39, 0.29) is 18.4 Å². The summed E-state index contributed by atoms with van der Waals surface area (Å²) in [4.78, 5) is 30.7. The molecule has 31 heavy (non-hydrogen) atoms. The van der Waals surface area contributed by atoms with Crippen molar-refractivity contribution in [1.82, 2.24) is 20.0 Å². The second-order valence-corrected chi connectivity index (χ2v) is 8.60. The molecule has 1 aromatic carbocycles. The number of hydrogen-bond acceptors (Lipinski definition) is 5. The predicted molar refractivity (Wildman–Crippen MR) is 121 cm³/mol. The zero-order valence-electron chi connectivity index (χ0n) is 17.8. The van der Waals surface area contributed by atoms with Crippen LogP contribution in [0, 0.1) is 5.92 Å². The summed E-state index contributed by atoms with van der Waals surface area (Å²) in [5, 5.41) is 9.36. The Kier molecular flexibility index (Phi) is 6.70. The van der Waals surface area contributed by atoms with Crippen LogP contribution in [0.2, 0.25) is 5.02 Å². The van der Waals surface area contributed by atoms with Crippen molar-refractivity contribution in [2.24, 2.45) is 5.92 Å². The molecular formula is C23H28ClN5O2. The molecule has 1 saturated heterocycles. The van der Waals surface area contributed by atoms with Crippen molar-refractivity contribution in [2.75, 3.05) is 44.2 Å². The van der Waals surface area contributed by atoms with E-state index in [9.17, 15) is 9.59 Å². The zero-order valence-corrected chi connectivity index (χ0v) is 18.6. The fraction of sp³-hybridized carbons (Fsp3) is 0.478. The van der Waals surface area contributed by atoms with Gasteiger partial charge in [-0.2, -0.15) is 0 Å². The Morgan fingerprint density at radius 3 is 2.42 bits per heavy atom. The molecule has 0 bridgehead atoms. The average Bonchev–Trinajstić information content (AvgIpc) is 3.63. The largest absolute Gasteiger partial charge is 0.352 e. The van der Waals surface area contributed by atoms with E-state index in [0.29, 0.717) is 50.1 Å². The number of piperazine rings is 1. The third-order valence-electron chi connectivity index (χ3n) is 5.91. The van der Waals surface area contributed by atoms with Crippen LogP contribution < -0.4 is 4.90 Å². The Bertz CT molecular complexity index is 924. The zero-order chi connectivity index (χ0) is 21.8. The summed E-state index contributed by atoms with van der Waals surface area (Å²) in [5.74, 6) is 1.46. The van der Waals surface area contributed by atoms with Gasteiger partial charge in [0.15, 0.2) is 5.82 Å². The third-order valence-corrected chi connectivity index (χ3v) is 6.24. The number of benzene rings is 1. The molecule has 2 aliphatic rings. The van der Waals surface area contributed by atoms with Gasteiger partial charge in [0, 0.05) is 44.7 Å². The van der Waals surface area contributed by atoms with E-state index in [4.69, 9.17) is 11.6 Å². The standard InChI is InChI=1S/C23H28ClN5O2/c1-2-22(30)29(15-17-7-8-17)16-23(31)28-13-11-27(12-14-28)21-10-9-20(25-26-21)18-5-3-4-6-19(18)24/h3-6,9-10,17H,2,7-8,11-16H2,1H3. The third kappa shape index (κ3) is 5.34. The Morgan fingerprint density at radius 2 is 1.81 bits per heavy atom. The van der Waals surface area contributed by atoms with Crippen LogP contribution in [0.5, 0.6) is 0 Å². The van der Waals surface area contributed by atoms with E-state index in [1.807, 2.05) is 48.2 Å². The van der Waals surface area contributed by atoms with Crippen LogP contribution in [-0.4, -0.2) is 71.1 Å². The van der Waals surface area contributed by atoms with Gasteiger partial charge >= 0.3 is 0 Å². The van der Waals surface area contributed by atoms with Crippen LogP contribution in [0.15, 0.2) is 36.4 Å². The molecule has 8 heteroatoms. The molecule has 164 valence electrons. The Labute approximate surface area is 188 Å². The maximum atomic E-state index is 12.8. The molecule has 0 unspecified atom stereocenters. The van der Waals surface area contributed by atoms with Crippen molar-refractivity contribution in [3.8, 4) is 11.3 Å². The molecule has 7 nitrogen and oxygen atoms in total. The lowest BCUT2D eigenvalue weighted by atomic mass is 10.1. The maximum absolute atomic E-state index is 12.8. The van der Waals surface area contributed by atoms with Crippen LogP contribution in [0.1, 0.15) is 26.2 Å². The van der Waals surface area contributed by atoms with Crippen molar-refractivity contribution >= 4 is 29.2 Å². The summed E-state index contributed by atoms with van der Waals surface area (Å²) >= 11 is 6.25. The minimum atomic E-state index is 0.0299. The minimum absolute atomic E-state index is 0.0299. The summed E-state index contributed by atoms with van der Waals surface area (Å²) in [6.45, 7) is 5.37. The fourth-order valence-electron chi connectivity index (χ4n) is 3.84. The van der Waals surface area contributed by atoms with Gasteiger partial charge in [0.1, 0.15) is 0 Å². The number of aromatic nitrogens is 2. The highest BCUT2D eigenvalue weighted by molar-refractivity contribution is 6.33. The van der Waals surface area contributed by atoms with Crippen LogP contribution in [-0.2, 0) is 9.59 Å². The number of nitrogens with zero attached hydrogens (tertiary/aromatic N) is 5. The highest BCUT2D eigenvalue weighted by Gasteiger charge is 2.29. The van der Waals surface area contributed by atoms with Gasteiger partial charge in [-0.1, -0.05) is 36.7 Å². The lowest BCUT2D eigenvalue weighted by molar-refractivity contribution is -0.140. The molecule has 4 rings (SSSR count). The summed E-state index contributed by atoms with van der Waals surface area (Å²) in [6, 6.07) is 11.4. The van der Waals surface area contributed by atoms with Gasteiger partial charge < -0.3 is 14.7 Å². The summed E-state index contributed by atoms with van der Waals surface area (Å²) < 4.78 is 0. The molecular weight excluding hydrogens is 414 g/mol. The molecule has 1 aliphatic heterocycles. The summed E-state index contributed by atoms with van der Waals surface area (Å²) in [5.41, 5.74) is 1.59. The Hall–Kier alpha value is -2.67. The van der Waals surface area contributed by atoms with Gasteiger partial charge in [0.25, 0.3) is 0 Å². The average molecular weight is 442 g/mol. The Morgan fingerprint density at radius 1 is 1.06 bits per heavy atom. The number of rotatable bonds is 7. The van der Waals surface area contributed by atoms with Crippen LogP contribution in [0.4, 0.5) is 5.82 Å². The van der Waals surface area contributed by atoms with Gasteiger partial charge in [-0.3, -0.25) is 9.59 Å². The van der Waals surface area contributed by atoms with Crippen molar-refractivity contribution in [2.45, 2.75) is 26.2 Å². The highest BCUT2D eigenvalue weighted by atomic mass is 35.5. The topological polar surface area (TPSA) is 69.6 Å². The second kappa shape index (κ2) is 9.64. The molecule has 2 heterocycles. The molecule has 2 amide bonds. The first kappa shape index (κ1) is 21.6. The molecule has 1 saturated carbocycles. The second-order valence-electron chi connectivity index (χ2n) is 8.20. The SMILES string of the molecule is CCC(=O)N(CC(=O)N1CCN(c2ccc(-c3ccccc3Cl)nn2)CC1)CC1CC1. The van der Waals surface area contributed by atoms with E-state index >= 15 is 0 Å². The molecule has 2 fully saturated rings. The number of amides is 2. The number of carbonyl (C=O) groups excluding carboxylic acids is 2. The highest BCUT2D eigenvalue weighted by Crippen LogP contribution is 2.30. The molecule has 1 aliphatic carbocycles. The predicted octanol–water partition coefficient (Wildman–Crippen LogP) is 3.09. The molecule has 1 aromatic heterocycles. The van der Waals surface area contributed by atoms with Crippen LogP contribution >= 0.6 is 11.6 Å². The van der Waals surface area contributed by atoms with Crippen LogP contribution in [0.3, 0.4) is 0 Å². The first-order valence-electron chi connectivity index (χ1n) is 10.9. The number of hydrogen-bond donors (Lipinski definition) is 0. The Balaban J connectivity index is 1.32. The fourth-order valence-corrected chi connectivity index (χ4v) is 4.08. The quantitative estimate of drug-likeness (QED) is 0.660. The van der Waals surface area contributed by atoms with E-state index in [1.165, 1.54) is 0 Å². The molecule has 0 atom stereocenters. The number of halogens is 1. The normalized spacial score (nSPS) is 16.3. The minimum Gasteiger partial charge on any atom is -0.352 e. The van der Waals surface area contributed by atoms with Gasteiger partial charge in [-0.25, -0.2) is 0 Å².